The Morgan fingerprint density at radius 1 is 1.38 bits per heavy atom. The Morgan fingerprint density at radius 2 is 2.19 bits per heavy atom. The van der Waals surface area contributed by atoms with Gasteiger partial charge in [-0.1, -0.05) is 37.6 Å². The largest absolute Gasteiger partial charge is 0.493 e. The average Bonchev–Trinajstić information content (AvgIpc) is 3.31. The van der Waals surface area contributed by atoms with Gasteiger partial charge in [0.1, 0.15) is 11.9 Å². The Hall–Kier alpha value is -1.32. The molecule has 1 aliphatic rings. The number of allylic oxidation sites excluding steroid dienone is 1. The van der Waals surface area contributed by atoms with Gasteiger partial charge in [-0.25, -0.2) is 0 Å². The first-order valence-electron chi connectivity index (χ1n) is 7.91. The smallest absolute Gasteiger partial charge is 0.126 e. The van der Waals surface area contributed by atoms with E-state index in [-0.39, 0.29) is 6.10 Å². The van der Waals surface area contributed by atoms with Gasteiger partial charge in [0.05, 0.1) is 25.9 Å². The van der Waals surface area contributed by atoms with Crippen molar-refractivity contribution >= 4 is 6.08 Å². The zero-order valence-electron chi connectivity index (χ0n) is 13.3. The molecule has 1 aromatic carbocycles. The number of rotatable bonds is 9. The lowest BCUT2D eigenvalue weighted by Gasteiger charge is -2.18. The molecule has 3 heteroatoms. The highest BCUT2D eigenvalue weighted by Crippen LogP contribution is 2.31. The molecule has 2 rings (SSSR count). The number of benzene rings is 1. The van der Waals surface area contributed by atoms with Crippen LogP contribution in [0.5, 0.6) is 5.75 Å². The molecule has 0 N–H and O–H groups in total. The van der Waals surface area contributed by atoms with Crippen molar-refractivity contribution < 1.29 is 14.2 Å². The Morgan fingerprint density at radius 3 is 2.86 bits per heavy atom. The molecule has 1 fully saturated rings. The van der Waals surface area contributed by atoms with E-state index in [4.69, 9.17) is 14.2 Å². The minimum absolute atomic E-state index is 0.0379. The van der Waals surface area contributed by atoms with E-state index in [9.17, 15) is 0 Å². The summed E-state index contributed by atoms with van der Waals surface area (Å²) in [4.78, 5) is 0. The Kier molecular flexibility index (Phi) is 6.27. The topological polar surface area (TPSA) is 31.0 Å². The van der Waals surface area contributed by atoms with Crippen molar-refractivity contribution in [2.75, 3.05) is 19.8 Å². The Bertz CT molecular complexity index is 464. The van der Waals surface area contributed by atoms with Crippen molar-refractivity contribution in [3.63, 3.8) is 0 Å². The van der Waals surface area contributed by atoms with Crippen molar-refractivity contribution in [3.8, 4) is 5.75 Å². The van der Waals surface area contributed by atoms with Crippen molar-refractivity contribution in [2.24, 2.45) is 0 Å². The Labute approximate surface area is 127 Å². The van der Waals surface area contributed by atoms with Crippen molar-refractivity contribution in [3.05, 3.63) is 35.4 Å². The first-order valence-corrected chi connectivity index (χ1v) is 7.91. The molecule has 0 aliphatic carbocycles. The maximum absolute atomic E-state index is 5.92. The molecular formula is C18H26O3. The van der Waals surface area contributed by atoms with Crippen LogP contribution in [0.25, 0.3) is 6.08 Å². The van der Waals surface area contributed by atoms with Crippen LogP contribution in [-0.2, 0) is 9.47 Å². The standard InChI is InChI=1S/C18H26O3/c1-4-6-7-9-17-16(10-8-11-18(17)19-5-2)14(3)20-12-15-13-21-15/h7-11,14-15H,4-6,12-13H2,1-3H3/b9-7+/t14-,15+/m1/s1. The molecule has 0 spiro atoms. The molecule has 0 aromatic heterocycles. The number of ether oxygens (including phenoxy) is 3. The van der Waals surface area contributed by atoms with Crippen molar-refractivity contribution in [1.29, 1.82) is 0 Å². The molecule has 0 bridgehead atoms. The number of hydrogen-bond donors (Lipinski definition) is 0. The van der Waals surface area contributed by atoms with Gasteiger partial charge in [-0.05, 0) is 31.9 Å². The van der Waals surface area contributed by atoms with Crippen LogP contribution in [0.4, 0.5) is 0 Å². The molecule has 1 aromatic rings. The summed E-state index contributed by atoms with van der Waals surface area (Å²) in [6, 6.07) is 6.17. The quantitative estimate of drug-likeness (QED) is 0.633. The molecule has 3 nitrogen and oxygen atoms in total. The van der Waals surface area contributed by atoms with Gasteiger partial charge in [-0.3, -0.25) is 0 Å². The monoisotopic (exact) mass is 290 g/mol. The van der Waals surface area contributed by atoms with Crippen LogP contribution < -0.4 is 4.74 Å². The second kappa shape index (κ2) is 8.20. The third-order valence-electron chi connectivity index (χ3n) is 3.51. The first-order chi connectivity index (χ1) is 10.3. The SMILES string of the molecule is CCC/C=C/c1c(OCC)cccc1[C@@H](C)OC[C@H]1CO1. The van der Waals surface area contributed by atoms with Gasteiger partial charge in [0.25, 0.3) is 0 Å². The molecule has 1 heterocycles. The van der Waals surface area contributed by atoms with Crippen LogP contribution in [0.2, 0.25) is 0 Å². The van der Waals surface area contributed by atoms with Crippen LogP contribution in [0.1, 0.15) is 50.8 Å². The minimum atomic E-state index is 0.0379. The lowest BCUT2D eigenvalue weighted by Crippen LogP contribution is -2.08. The average molecular weight is 290 g/mol. The lowest BCUT2D eigenvalue weighted by molar-refractivity contribution is 0.0537. The van der Waals surface area contributed by atoms with Gasteiger partial charge < -0.3 is 14.2 Å². The fourth-order valence-electron chi connectivity index (χ4n) is 2.25. The van der Waals surface area contributed by atoms with Crippen molar-refractivity contribution in [2.45, 2.75) is 45.8 Å². The van der Waals surface area contributed by atoms with E-state index in [0.717, 1.165) is 30.8 Å². The highest BCUT2D eigenvalue weighted by Gasteiger charge is 2.24. The summed E-state index contributed by atoms with van der Waals surface area (Å²) in [7, 11) is 0. The normalized spacial score (nSPS) is 18.9. The van der Waals surface area contributed by atoms with Crippen molar-refractivity contribution in [1.82, 2.24) is 0 Å². The van der Waals surface area contributed by atoms with Crippen LogP contribution in [0.3, 0.4) is 0 Å². The zero-order chi connectivity index (χ0) is 15.1. The zero-order valence-corrected chi connectivity index (χ0v) is 13.3. The summed E-state index contributed by atoms with van der Waals surface area (Å²) in [6.07, 6.45) is 6.92. The number of unbranched alkanes of at least 4 members (excludes halogenated alkanes) is 1. The molecule has 1 saturated heterocycles. The summed E-state index contributed by atoms with van der Waals surface area (Å²) < 4.78 is 16.9. The fourth-order valence-corrected chi connectivity index (χ4v) is 2.25. The highest BCUT2D eigenvalue weighted by atomic mass is 16.6. The molecular weight excluding hydrogens is 264 g/mol. The molecule has 0 amide bonds. The summed E-state index contributed by atoms with van der Waals surface area (Å²) >= 11 is 0. The van der Waals surface area contributed by atoms with Gasteiger partial charge in [-0.2, -0.15) is 0 Å². The first kappa shape index (κ1) is 16.1. The fraction of sp³-hybridized carbons (Fsp3) is 0.556. The maximum Gasteiger partial charge on any atom is 0.126 e. The van der Waals surface area contributed by atoms with Gasteiger partial charge in [0.2, 0.25) is 0 Å². The summed E-state index contributed by atoms with van der Waals surface area (Å²) in [5, 5.41) is 0. The minimum Gasteiger partial charge on any atom is -0.493 e. The molecule has 0 radical (unpaired) electrons. The number of epoxide rings is 1. The summed E-state index contributed by atoms with van der Waals surface area (Å²) in [5.74, 6) is 0.931. The second-order valence-corrected chi connectivity index (χ2v) is 5.31. The predicted octanol–water partition coefficient (Wildman–Crippen LogP) is 4.38. The van der Waals surface area contributed by atoms with E-state index in [0.29, 0.717) is 19.3 Å². The summed E-state index contributed by atoms with van der Waals surface area (Å²) in [5.41, 5.74) is 2.31. The highest BCUT2D eigenvalue weighted by molar-refractivity contribution is 5.62. The van der Waals surface area contributed by atoms with Crippen LogP contribution in [0, 0.1) is 0 Å². The van der Waals surface area contributed by atoms with Crippen LogP contribution in [-0.4, -0.2) is 25.9 Å². The van der Waals surface area contributed by atoms with Gasteiger partial charge in [0.15, 0.2) is 0 Å². The van der Waals surface area contributed by atoms with E-state index in [2.05, 4.69) is 32.1 Å². The number of hydrogen-bond acceptors (Lipinski definition) is 3. The van der Waals surface area contributed by atoms with Gasteiger partial charge >= 0.3 is 0 Å². The van der Waals surface area contributed by atoms with E-state index >= 15 is 0 Å². The third kappa shape index (κ3) is 4.87. The second-order valence-electron chi connectivity index (χ2n) is 5.31. The molecule has 0 unspecified atom stereocenters. The van der Waals surface area contributed by atoms with E-state index in [1.807, 2.05) is 19.1 Å². The van der Waals surface area contributed by atoms with Gasteiger partial charge in [0, 0.05) is 5.56 Å². The van der Waals surface area contributed by atoms with Crippen LogP contribution >= 0.6 is 0 Å². The molecule has 21 heavy (non-hydrogen) atoms. The van der Waals surface area contributed by atoms with E-state index < -0.39 is 0 Å². The summed E-state index contributed by atoms with van der Waals surface area (Å²) in [6.45, 7) is 8.44. The van der Waals surface area contributed by atoms with E-state index in [1.165, 1.54) is 5.56 Å². The lowest BCUT2D eigenvalue weighted by atomic mass is 10.0. The predicted molar refractivity (Wildman–Crippen MR) is 85.7 cm³/mol. The molecule has 0 saturated carbocycles. The van der Waals surface area contributed by atoms with Gasteiger partial charge in [-0.15, -0.1) is 0 Å². The third-order valence-corrected chi connectivity index (χ3v) is 3.51. The maximum atomic E-state index is 5.92. The Balaban J connectivity index is 2.17. The molecule has 116 valence electrons. The van der Waals surface area contributed by atoms with E-state index in [1.54, 1.807) is 0 Å². The van der Waals surface area contributed by atoms with Crippen LogP contribution in [0.15, 0.2) is 24.3 Å². The molecule has 2 atom stereocenters. The molecule has 1 aliphatic heterocycles.